The van der Waals surface area contributed by atoms with Crippen LogP contribution in [0.15, 0.2) is 24.3 Å². The summed E-state index contributed by atoms with van der Waals surface area (Å²) in [6.45, 7) is 3.87. The molecule has 0 saturated heterocycles. The van der Waals surface area contributed by atoms with E-state index in [2.05, 4.69) is 30.4 Å². The molecule has 82 valence electrons. The molecule has 1 N–H and O–H groups in total. The van der Waals surface area contributed by atoms with Crippen molar-refractivity contribution in [2.45, 2.75) is 38.8 Å². The molecule has 2 heteroatoms. The summed E-state index contributed by atoms with van der Waals surface area (Å²) >= 11 is 0. The monoisotopic (exact) mass is 205 g/mol. The molecule has 0 spiro atoms. The first-order valence-corrected chi connectivity index (χ1v) is 5.84. The van der Waals surface area contributed by atoms with E-state index in [0.29, 0.717) is 0 Å². The van der Waals surface area contributed by atoms with Gasteiger partial charge in [0.05, 0.1) is 6.61 Å². The predicted octanol–water partition coefficient (Wildman–Crippen LogP) is 2.73. The van der Waals surface area contributed by atoms with Crippen LogP contribution in [0.5, 0.6) is 5.75 Å². The van der Waals surface area contributed by atoms with Gasteiger partial charge in [0.15, 0.2) is 0 Å². The minimum Gasteiger partial charge on any atom is -0.493 e. The third kappa shape index (κ3) is 3.24. The van der Waals surface area contributed by atoms with Gasteiger partial charge in [-0.05, 0) is 25.3 Å². The lowest BCUT2D eigenvalue weighted by Crippen LogP contribution is -2.16. The second-order valence-electron chi connectivity index (χ2n) is 4.11. The van der Waals surface area contributed by atoms with Crippen LogP contribution >= 0.6 is 0 Å². The number of hydrogen-bond acceptors (Lipinski definition) is 2. The molecule has 15 heavy (non-hydrogen) atoms. The van der Waals surface area contributed by atoms with Crippen LogP contribution in [0.2, 0.25) is 0 Å². The zero-order valence-corrected chi connectivity index (χ0v) is 9.33. The second-order valence-corrected chi connectivity index (χ2v) is 4.11. The molecule has 0 unspecified atom stereocenters. The Morgan fingerprint density at radius 2 is 2.13 bits per heavy atom. The van der Waals surface area contributed by atoms with E-state index in [0.717, 1.165) is 31.4 Å². The molecule has 2 nitrogen and oxygen atoms in total. The molecule has 0 aliphatic heterocycles. The maximum absolute atomic E-state index is 5.70. The van der Waals surface area contributed by atoms with E-state index < -0.39 is 0 Å². The average Bonchev–Trinajstić information content (AvgIpc) is 3.08. The lowest BCUT2D eigenvalue weighted by atomic mass is 10.2. The van der Waals surface area contributed by atoms with Gasteiger partial charge in [0.2, 0.25) is 0 Å². The van der Waals surface area contributed by atoms with Crippen molar-refractivity contribution < 1.29 is 4.74 Å². The fourth-order valence-electron chi connectivity index (χ4n) is 1.54. The first kappa shape index (κ1) is 10.5. The van der Waals surface area contributed by atoms with Crippen LogP contribution < -0.4 is 10.1 Å². The lowest BCUT2D eigenvalue weighted by molar-refractivity contribution is 0.313. The fraction of sp³-hybridized carbons (Fsp3) is 0.538. The summed E-state index contributed by atoms with van der Waals surface area (Å²) in [5, 5.41) is 3.51. The van der Waals surface area contributed by atoms with Gasteiger partial charge in [-0.25, -0.2) is 0 Å². The molecule has 1 aromatic rings. The number of rotatable bonds is 6. The maximum Gasteiger partial charge on any atom is 0.123 e. The molecular formula is C13H19NO. The Morgan fingerprint density at radius 3 is 2.87 bits per heavy atom. The molecule has 0 aromatic heterocycles. The summed E-state index contributed by atoms with van der Waals surface area (Å²) in [6, 6.07) is 9.05. The van der Waals surface area contributed by atoms with Gasteiger partial charge in [-0.3, -0.25) is 0 Å². The van der Waals surface area contributed by atoms with E-state index in [9.17, 15) is 0 Å². The van der Waals surface area contributed by atoms with Crippen molar-refractivity contribution in [2.75, 3.05) is 6.61 Å². The summed E-state index contributed by atoms with van der Waals surface area (Å²) in [5.41, 5.74) is 1.28. The molecule has 0 radical (unpaired) electrons. The van der Waals surface area contributed by atoms with Crippen LogP contribution in [0.4, 0.5) is 0 Å². The SMILES string of the molecule is CCCOc1ccccc1CNC1CC1. The molecule has 1 fully saturated rings. The van der Waals surface area contributed by atoms with Crippen LogP contribution in [-0.2, 0) is 6.54 Å². The van der Waals surface area contributed by atoms with Crippen molar-refractivity contribution in [2.24, 2.45) is 0 Å². The molecule has 1 aliphatic carbocycles. The molecule has 1 aromatic carbocycles. The number of para-hydroxylation sites is 1. The minimum absolute atomic E-state index is 0.754. The van der Waals surface area contributed by atoms with Crippen molar-refractivity contribution in [3.05, 3.63) is 29.8 Å². The van der Waals surface area contributed by atoms with Crippen LogP contribution in [0.25, 0.3) is 0 Å². The van der Waals surface area contributed by atoms with Crippen molar-refractivity contribution >= 4 is 0 Å². The highest BCUT2D eigenvalue weighted by atomic mass is 16.5. The molecule has 1 aliphatic rings. The zero-order chi connectivity index (χ0) is 10.5. The third-order valence-electron chi connectivity index (χ3n) is 2.59. The van der Waals surface area contributed by atoms with Crippen LogP contribution in [0, 0.1) is 0 Å². The highest BCUT2D eigenvalue weighted by Crippen LogP contribution is 2.22. The van der Waals surface area contributed by atoms with Crippen molar-refractivity contribution in [3.63, 3.8) is 0 Å². The van der Waals surface area contributed by atoms with E-state index in [-0.39, 0.29) is 0 Å². The van der Waals surface area contributed by atoms with Crippen molar-refractivity contribution in [3.8, 4) is 5.75 Å². The first-order chi connectivity index (χ1) is 7.40. The van der Waals surface area contributed by atoms with Crippen LogP contribution in [0.3, 0.4) is 0 Å². The maximum atomic E-state index is 5.70. The van der Waals surface area contributed by atoms with Gasteiger partial charge in [0, 0.05) is 18.2 Å². The lowest BCUT2D eigenvalue weighted by Gasteiger charge is -2.11. The first-order valence-electron chi connectivity index (χ1n) is 5.84. The Balaban J connectivity index is 1.93. The molecular weight excluding hydrogens is 186 g/mol. The minimum atomic E-state index is 0.754. The Labute approximate surface area is 91.6 Å². The van der Waals surface area contributed by atoms with Gasteiger partial charge >= 0.3 is 0 Å². The van der Waals surface area contributed by atoms with Gasteiger partial charge in [0.25, 0.3) is 0 Å². The topological polar surface area (TPSA) is 21.3 Å². The average molecular weight is 205 g/mol. The van der Waals surface area contributed by atoms with E-state index in [4.69, 9.17) is 4.74 Å². The van der Waals surface area contributed by atoms with E-state index >= 15 is 0 Å². The number of ether oxygens (including phenoxy) is 1. The molecule has 2 rings (SSSR count). The van der Waals surface area contributed by atoms with E-state index in [1.165, 1.54) is 18.4 Å². The number of nitrogens with one attached hydrogen (secondary N) is 1. The van der Waals surface area contributed by atoms with Crippen LogP contribution in [-0.4, -0.2) is 12.6 Å². The number of hydrogen-bond donors (Lipinski definition) is 1. The summed E-state index contributed by atoms with van der Waals surface area (Å²) in [4.78, 5) is 0. The highest BCUT2D eigenvalue weighted by molar-refractivity contribution is 5.33. The molecule has 0 heterocycles. The molecule has 1 saturated carbocycles. The highest BCUT2D eigenvalue weighted by Gasteiger charge is 2.20. The Hall–Kier alpha value is -1.02. The van der Waals surface area contributed by atoms with Crippen molar-refractivity contribution in [1.82, 2.24) is 5.32 Å². The normalized spacial score (nSPS) is 15.3. The largest absolute Gasteiger partial charge is 0.493 e. The summed E-state index contributed by atoms with van der Waals surface area (Å²) in [5.74, 6) is 1.03. The standard InChI is InChI=1S/C13H19NO/c1-2-9-15-13-6-4-3-5-11(13)10-14-12-7-8-12/h3-6,12,14H,2,7-10H2,1H3. The predicted molar refractivity (Wildman–Crippen MR) is 62.1 cm³/mol. The van der Waals surface area contributed by atoms with E-state index in [1.54, 1.807) is 0 Å². The van der Waals surface area contributed by atoms with Gasteiger partial charge in [-0.2, -0.15) is 0 Å². The second kappa shape index (κ2) is 5.17. The molecule has 0 atom stereocenters. The van der Waals surface area contributed by atoms with Gasteiger partial charge < -0.3 is 10.1 Å². The Bertz CT molecular complexity index is 307. The van der Waals surface area contributed by atoms with Gasteiger partial charge in [-0.15, -0.1) is 0 Å². The van der Waals surface area contributed by atoms with E-state index in [1.807, 2.05) is 6.07 Å². The fourth-order valence-corrected chi connectivity index (χ4v) is 1.54. The summed E-state index contributed by atoms with van der Waals surface area (Å²) < 4.78 is 5.70. The zero-order valence-electron chi connectivity index (χ0n) is 9.33. The Morgan fingerprint density at radius 1 is 1.33 bits per heavy atom. The van der Waals surface area contributed by atoms with Gasteiger partial charge in [-0.1, -0.05) is 25.1 Å². The summed E-state index contributed by atoms with van der Waals surface area (Å²) in [6.07, 6.45) is 3.72. The quantitative estimate of drug-likeness (QED) is 0.771. The third-order valence-corrected chi connectivity index (χ3v) is 2.59. The smallest absolute Gasteiger partial charge is 0.123 e. The Kier molecular flexibility index (Phi) is 3.62. The van der Waals surface area contributed by atoms with Crippen LogP contribution in [0.1, 0.15) is 31.7 Å². The molecule has 0 bridgehead atoms. The summed E-state index contributed by atoms with van der Waals surface area (Å²) in [7, 11) is 0. The molecule has 0 amide bonds. The van der Waals surface area contributed by atoms with Gasteiger partial charge in [0.1, 0.15) is 5.75 Å². The number of benzene rings is 1. The van der Waals surface area contributed by atoms with Crippen molar-refractivity contribution in [1.29, 1.82) is 0 Å².